The number of alkyl carbamates (subject to hydrolysis) is 1. The molecule has 4 aliphatic heterocycles. The minimum Gasteiger partial charge on any atom is -0.449 e. The van der Waals surface area contributed by atoms with Gasteiger partial charge in [0.2, 0.25) is 29.4 Å². The van der Waals surface area contributed by atoms with Gasteiger partial charge >= 0.3 is 6.09 Å². The monoisotopic (exact) mass is 1430 g/mol. The third kappa shape index (κ3) is 35.6. The van der Waals surface area contributed by atoms with E-state index < -0.39 is 77.7 Å². The summed E-state index contributed by atoms with van der Waals surface area (Å²) in [7, 11) is 3.10. The number of benzene rings is 3. The highest BCUT2D eigenvalue weighted by atomic mass is 79.9. The second kappa shape index (κ2) is 50.4. The van der Waals surface area contributed by atoms with Gasteiger partial charge in [0.05, 0.1) is 51.7 Å². The number of fused-ring (bicyclic) bond motifs is 2. The third-order valence-corrected chi connectivity index (χ3v) is 16.0. The van der Waals surface area contributed by atoms with Crippen LogP contribution in [0.1, 0.15) is 147 Å². The van der Waals surface area contributed by atoms with Crippen LogP contribution in [0.15, 0.2) is 91.0 Å². The number of rotatable bonds is 31. The van der Waals surface area contributed by atoms with Gasteiger partial charge in [0.15, 0.2) is 12.6 Å². The summed E-state index contributed by atoms with van der Waals surface area (Å²) in [6.45, 7) is 15.4. The van der Waals surface area contributed by atoms with E-state index in [4.69, 9.17) is 52.5 Å². The van der Waals surface area contributed by atoms with Gasteiger partial charge in [-0.3, -0.25) is 28.8 Å². The van der Waals surface area contributed by atoms with E-state index in [1.807, 2.05) is 48.5 Å². The van der Waals surface area contributed by atoms with Crippen molar-refractivity contribution in [1.29, 1.82) is 0 Å². The average molecular weight is 1430 g/mol. The Morgan fingerprint density at radius 1 is 0.680 bits per heavy atom. The molecule has 0 aliphatic carbocycles. The van der Waals surface area contributed by atoms with E-state index in [0.29, 0.717) is 70.9 Å². The van der Waals surface area contributed by atoms with Gasteiger partial charge in [-0.1, -0.05) is 141 Å². The normalized spacial score (nSPS) is 19.8. The summed E-state index contributed by atoms with van der Waals surface area (Å²) < 4.78 is 55.4. The highest BCUT2D eigenvalue weighted by molar-refractivity contribution is 9.09. The van der Waals surface area contributed by atoms with Crippen molar-refractivity contribution < 1.29 is 86.0 Å². The molecule has 0 saturated carbocycles. The second-order valence-electron chi connectivity index (χ2n) is 25.0. The molecule has 25 heteroatoms. The van der Waals surface area contributed by atoms with Crippen LogP contribution in [-0.4, -0.2) is 212 Å². The lowest BCUT2D eigenvalue weighted by molar-refractivity contribution is -0.164. The Bertz CT molecular complexity index is 2630. The molecule has 3 aromatic rings. The zero-order valence-corrected chi connectivity index (χ0v) is 59.8. The predicted octanol–water partition coefficient (Wildman–Crippen LogP) is 8.28. The Kier molecular flexibility index (Phi) is 43.3. The van der Waals surface area contributed by atoms with Crippen molar-refractivity contribution in [3.63, 3.8) is 0 Å². The van der Waals surface area contributed by atoms with Crippen LogP contribution in [0.3, 0.4) is 0 Å². The molecule has 7 rings (SSSR count). The largest absolute Gasteiger partial charge is 0.449 e. The number of cyclic esters (lactones) is 1. The molecule has 3 aromatic carbocycles. The van der Waals surface area contributed by atoms with E-state index in [-0.39, 0.29) is 51.1 Å². The van der Waals surface area contributed by atoms with E-state index in [1.165, 1.54) is 40.2 Å². The molecule has 4 saturated heterocycles. The second-order valence-corrected chi connectivity index (χ2v) is 25.8. The lowest BCUT2D eigenvalue weighted by Crippen LogP contribution is -2.59. The van der Waals surface area contributed by atoms with E-state index >= 15 is 0 Å². The number of halogens is 1. The fraction of sp³-hybridized carbons (Fsp3) is 0.653. The van der Waals surface area contributed by atoms with Crippen LogP contribution in [0.25, 0.3) is 0 Å². The molecule has 544 valence electrons. The van der Waals surface area contributed by atoms with Gasteiger partial charge in [-0.15, -0.1) is 0 Å². The van der Waals surface area contributed by atoms with Crippen molar-refractivity contribution >= 4 is 57.3 Å². The summed E-state index contributed by atoms with van der Waals surface area (Å²) in [6.07, 6.45) is 11.1. The molecule has 6 amide bonds. The van der Waals surface area contributed by atoms with Crippen molar-refractivity contribution in [2.75, 3.05) is 118 Å². The van der Waals surface area contributed by atoms with E-state index in [2.05, 4.69) is 49.3 Å². The first kappa shape index (κ1) is 83.4. The Morgan fingerprint density at radius 3 is 1.77 bits per heavy atom. The van der Waals surface area contributed by atoms with Gasteiger partial charge in [0, 0.05) is 105 Å². The number of amides is 6. The quantitative estimate of drug-likeness (QED) is 0.0230. The molecule has 4 fully saturated rings. The molecule has 0 aromatic heterocycles. The third-order valence-electron chi connectivity index (χ3n) is 15.5. The van der Waals surface area contributed by atoms with Gasteiger partial charge in [0.25, 0.3) is 5.91 Å². The van der Waals surface area contributed by atoms with E-state index in [1.54, 1.807) is 72.1 Å². The first-order valence-electron chi connectivity index (χ1n) is 34.5. The summed E-state index contributed by atoms with van der Waals surface area (Å²) >= 11 is 3.35. The summed E-state index contributed by atoms with van der Waals surface area (Å²) in [4.78, 5) is 95.2. The molecular weight excluding hydrogens is 1320 g/mol. The molecule has 4 aliphatic rings. The zero-order valence-electron chi connectivity index (χ0n) is 58.2. The number of ketones is 1. The Labute approximate surface area is 583 Å². The number of aliphatic hydroxyl groups is 1. The molecule has 0 radical (unpaired) electrons. The summed E-state index contributed by atoms with van der Waals surface area (Å²) in [5.41, 5.74) is 2.16. The number of nitrogens with zero attached hydrogens (tertiary/aromatic N) is 2. The average Bonchev–Trinajstić information content (AvgIpc) is 1.70. The van der Waals surface area contributed by atoms with Crippen molar-refractivity contribution in [1.82, 2.24) is 31.1 Å². The number of hydrogen-bond acceptors (Lipinski definition) is 18. The minimum absolute atomic E-state index is 0.0140. The fourth-order valence-electron chi connectivity index (χ4n) is 10.2. The van der Waals surface area contributed by atoms with Gasteiger partial charge in [-0.2, -0.15) is 0 Å². The van der Waals surface area contributed by atoms with Crippen molar-refractivity contribution in [3.8, 4) is 0 Å². The maximum atomic E-state index is 14.1. The maximum absolute atomic E-state index is 14.1. The molecule has 24 nitrogen and oxygen atoms in total. The maximum Gasteiger partial charge on any atom is 0.407 e. The highest BCUT2D eigenvalue weighted by Gasteiger charge is 2.46. The molecule has 2 bridgehead atoms. The first-order chi connectivity index (χ1) is 46.9. The molecule has 5 N–H and O–H groups in total. The number of carbonyl (C=O) groups is 7. The predicted molar refractivity (Wildman–Crippen MR) is 370 cm³/mol. The van der Waals surface area contributed by atoms with Crippen LogP contribution in [0.5, 0.6) is 0 Å². The number of ether oxygens (including phenoxy) is 10. The van der Waals surface area contributed by atoms with Gasteiger partial charge in [0.1, 0.15) is 18.1 Å². The molecule has 7 atom stereocenters. The van der Waals surface area contributed by atoms with Crippen LogP contribution in [0.2, 0.25) is 0 Å². The first-order valence-corrected chi connectivity index (χ1v) is 35.6. The van der Waals surface area contributed by atoms with Gasteiger partial charge in [-0.25, -0.2) is 4.79 Å². The number of alkyl halides is 1. The summed E-state index contributed by atoms with van der Waals surface area (Å²) in [5.74, 6) is -4.34. The minimum atomic E-state index is -1.25. The Hall–Kier alpha value is -5.97. The molecular formula is C72H111BrN6O18. The van der Waals surface area contributed by atoms with Crippen LogP contribution < -0.4 is 21.3 Å². The lowest BCUT2D eigenvalue weighted by atomic mass is 9.85. The standard InChI is InChI=1S/C36H54N6O10.C18H28O4.C10H14O2.C8H15BrO2/c1-7-13-25(29(44)32(46)37-21-27(43)39-28(33(47)41(5)6)23-14-9-8-10-15-23)38-31(45)26-20-24-22-42(26)34(48)30(36(2,3)4)40-35(49)52-19-12-17-50-16-11-18-51-24;1-2-8-17(9-3-1)16-20-13-6-11-19-12-7-15-22-18-10-4-5-14-21-18;11-7-4-8-12-9-10-5-2-1-3-6-10;9-5-3-7-11-8-4-1-2-6-10-8/h8-10,14-15,24-26,28,30H,7,11-13,16-22H2,1-6H3,(H,37,46)(H,38,45)(H,39,43)(H,40,49);1-3,8-9,18H,4-7,10-16H2;1-3,5-6,11H,4,7-9H2;8H,1-7H2/t24-,25?,26+,28+,30-;;;/m1.../s1. The van der Waals surface area contributed by atoms with Crippen LogP contribution >= 0.6 is 15.9 Å². The topological polar surface area (TPSA) is 287 Å². The molecule has 3 unspecified atom stereocenters. The van der Waals surface area contributed by atoms with Crippen molar-refractivity contribution in [2.24, 2.45) is 5.41 Å². The van der Waals surface area contributed by atoms with E-state index in [9.17, 15) is 33.6 Å². The Balaban J connectivity index is 0.000000355. The number of aliphatic hydroxyl groups excluding tert-OH is 1. The number of Topliss-reactive ketones (excluding diaryl/α,β-unsaturated/α-hetero) is 1. The summed E-state index contributed by atoms with van der Waals surface area (Å²) in [6, 6.07) is 24.4. The smallest absolute Gasteiger partial charge is 0.407 e. The Morgan fingerprint density at radius 2 is 1.23 bits per heavy atom. The fourth-order valence-corrected chi connectivity index (χ4v) is 10.5. The van der Waals surface area contributed by atoms with Gasteiger partial charge < -0.3 is 83.5 Å². The molecule has 4 heterocycles. The lowest BCUT2D eigenvalue weighted by Gasteiger charge is -2.35. The highest BCUT2D eigenvalue weighted by Crippen LogP contribution is 2.28. The van der Waals surface area contributed by atoms with Crippen LogP contribution in [0.4, 0.5) is 4.79 Å². The van der Waals surface area contributed by atoms with E-state index in [0.717, 1.165) is 90.1 Å². The number of nitrogens with one attached hydrogen (secondary N) is 4. The van der Waals surface area contributed by atoms with Crippen LogP contribution in [0, 0.1) is 5.41 Å². The SMILES string of the molecule is BrCCCOC1CCCCO1.CCCC(NC(=O)[C@@H]1C[C@@H]2CN1C(=O)[C@H](C(C)(C)C)NC(=O)OCCCOCCCO2)C(=O)C(=O)NCC(=O)N[C@H](C(=O)N(C)C)c1ccccc1.OCCCOCc1ccccc1.c1ccc(COCCCOCCCOC2CCCCO2)cc1. The van der Waals surface area contributed by atoms with Crippen molar-refractivity contribution in [2.45, 2.75) is 180 Å². The van der Waals surface area contributed by atoms with Crippen LogP contribution in [-0.2, 0) is 89.3 Å². The number of carbonyl (C=O) groups excluding carboxylic acids is 7. The zero-order chi connectivity index (χ0) is 70.3. The van der Waals surface area contributed by atoms with Crippen molar-refractivity contribution in [3.05, 3.63) is 108 Å². The number of likely N-dealkylation sites (N-methyl/N-ethyl adjacent to an activating group) is 1. The van der Waals surface area contributed by atoms with Gasteiger partial charge in [-0.05, 0) is 99.2 Å². The molecule has 97 heavy (non-hydrogen) atoms. The number of hydrogen-bond donors (Lipinski definition) is 5. The molecule has 0 spiro atoms. The summed E-state index contributed by atoms with van der Waals surface area (Å²) in [5, 5.41) is 19.7.